The summed E-state index contributed by atoms with van der Waals surface area (Å²) >= 11 is 1.90. The number of thioether (sulfide) groups is 1. The van der Waals surface area contributed by atoms with Gasteiger partial charge < -0.3 is 14.5 Å². The average Bonchev–Trinajstić information content (AvgIpc) is 3.04. The van der Waals surface area contributed by atoms with Crippen molar-refractivity contribution in [3.05, 3.63) is 54.0 Å². The van der Waals surface area contributed by atoms with Crippen LogP contribution in [-0.2, 0) is 5.75 Å². The zero-order chi connectivity index (χ0) is 15.1. The summed E-state index contributed by atoms with van der Waals surface area (Å²) in [4.78, 5) is 0. The summed E-state index contributed by atoms with van der Waals surface area (Å²) in [6.07, 6.45) is 1.73. The van der Waals surface area contributed by atoms with Crippen LogP contribution in [0.1, 0.15) is 31.2 Å². The van der Waals surface area contributed by atoms with Crippen LogP contribution in [0.25, 0.3) is 0 Å². The summed E-state index contributed by atoms with van der Waals surface area (Å²) in [5.74, 6) is 2.81. The molecule has 0 aliphatic carbocycles. The van der Waals surface area contributed by atoms with Gasteiger partial charge in [0.25, 0.3) is 0 Å². The molecule has 3 nitrogen and oxygen atoms in total. The van der Waals surface area contributed by atoms with Crippen LogP contribution in [0.2, 0.25) is 0 Å². The van der Waals surface area contributed by atoms with Crippen molar-refractivity contribution in [3.63, 3.8) is 0 Å². The molecule has 0 amide bonds. The highest BCUT2D eigenvalue weighted by atomic mass is 32.2. The summed E-state index contributed by atoms with van der Waals surface area (Å²) in [6, 6.07) is 12.6. The monoisotopic (exact) mass is 305 g/mol. The molecule has 2 unspecified atom stereocenters. The predicted molar refractivity (Wildman–Crippen MR) is 88.9 cm³/mol. The summed E-state index contributed by atoms with van der Waals surface area (Å²) < 4.78 is 10.6. The highest BCUT2D eigenvalue weighted by Gasteiger charge is 2.19. The van der Waals surface area contributed by atoms with Crippen LogP contribution in [0.4, 0.5) is 0 Å². The lowest BCUT2D eigenvalue weighted by Crippen LogP contribution is -2.28. The SMILES string of the molecule is CCNC(c1ccc(OC)cc1)C(C)SCc1ccco1. The molecule has 0 radical (unpaired) electrons. The molecule has 0 saturated carbocycles. The molecule has 0 aliphatic heterocycles. The standard InChI is InChI=1S/C17H23NO2S/c1-4-18-17(14-7-9-15(19-3)10-8-14)13(2)21-12-16-6-5-11-20-16/h5-11,13,17-18H,4,12H2,1-3H3. The van der Waals surface area contributed by atoms with Gasteiger partial charge in [0, 0.05) is 11.3 Å². The van der Waals surface area contributed by atoms with E-state index < -0.39 is 0 Å². The first kappa shape index (κ1) is 16.0. The Labute approximate surface area is 131 Å². The van der Waals surface area contributed by atoms with Crippen molar-refractivity contribution in [2.75, 3.05) is 13.7 Å². The van der Waals surface area contributed by atoms with Gasteiger partial charge in [-0.25, -0.2) is 0 Å². The number of furan rings is 1. The Balaban J connectivity index is 2.01. The van der Waals surface area contributed by atoms with Crippen LogP contribution in [-0.4, -0.2) is 18.9 Å². The summed E-state index contributed by atoms with van der Waals surface area (Å²) in [6.45, 7) is 5.34. The zero-order valence-electron chi connectivity index (χ0n) is 12.8. The molecule has 0 spiro atoms. The molecule has 1 N–H and O–H groups in total. The van der Waals surface area contributed by atoms with Gasteiger partial charge >= 0.3 is 0 Å². The number of rotatable bonds is 8. The highest BCUT2D eigenvalue weighted by Crippen LogP contribution is 2.29. The third-order valence-corrected chi connectivity index (χ3v) is 4.69. The van der Waals surface area contributed by atoms with Crippen molar-refractivity contribution in [3.8, 4) is 5.75 Å². The number of hydrogen-bond donors (Lipinski definition) is 1. The number of nitrogens with one attached hydrogen (secondary N) is 1. The summed E-state index contributed by atoms with van der Waals surface area (Å²) in [5, 5.41) is 4.02. The van der Waals surface area contributed by atoms with Gasteiger partial charge in [0.2, 0.25) is 0 Å². The normalized spacial score (nSPS) is 13.9. The fraction of sp³-hybridized carbons (Fsp3) is 0.412. The Bertz CT molecular complexity index is 510. The first-order valence-electron chi connectivity index (χ1n) is 7.26. The van der Waals surface area contributed by atoms with Gasteiger partial charge in [0.1, 0.15) is 11.5 Å². The topological polar surface area (TPSA) is 34.4 Å². The Kier molecular flexibility index (Phi) is 6.21. The van der Waals surface area contributed by atoms with Gasteiger partial charge in [0.05, 0.1) is 19.1 Å². The van der Waals surface area contributed by atoms with Gasteiger partial charge in [-0.1, -0.05) is 26.0 Å². The first-order valence-corrected chi connectivity index (χ1v) is 8.30. The van der Waals surface area contributed by atoms with Crippen LogP contribution in [0.3, 0.4) is 0 Å². The van der Waals surface area contributed by atoms with Crippen molar-refractivity contribution < 1.29 is 9.15 Å². The maximum Gasteiger partial charge on any atom is 0.118 e. The molecule has 0 fully saturated rings. The molecule has 1 aromatic heterocycles. The maximum atomic E-state index is 5.40. The van der Waals surface area contributed by atoms with E-state index in [9.17, 15) is 0 Å². The van der Waals surface area contributed by atoms with Crippen molar-refractivity contribution in [2.45, 2.75) is 30.9 Å². The molecule has 114 valence electrons. The van der Waals surface area contributed by atoms with Gasteiger partial charge in [0.15, 0.2) is 0 Å². The Morgan fingerprint density at radius 3 is 2.57 bits per heavy atom. The third kappa shape index (κ3) is 4.55. The number of ether oxygens (including phenoxy) is 1. The molecule has 0 aliphatic rings. The van der Waals surface area contributed by atoms with Crippen molar-refractivity contribution in [2.24, 2.45) is 0 Å². The minimum absolute atomic E-state index is 0.320. The fourth-order valence-corrected chi connectivity index (χ4v) is 3.33. The largest absolute Gasteiger partial charge is 0.497 e. The van der Waals surface area contributed by atoms with E-state index in [1.54, 1.807) is 13.4 Å². The highest BCUT2D eigenvalue weighted by molar-refractivity contribution is 7.99. The predicted octanol–water partition coefficient (Wildman–Crippen LogP) is 4.26. The fourth-order valence-electron chi connectivity index (χ4n) is 2.29. The van der Waals surface area contributed by atoms with E-state index in [0.717, 1.165) is 23.8 Å². The van der Waals surface area contributed by atoms with Gasteiger partial charge in [-0.15, -0.1) is 11.8 Å². The molecule has 0 bridgehead atoms. The Morgan fingerprint density at radius 2 is 2.00 bits per heavy atom. The van der Waals surface area contributed by atoms with Crippen molar-refractivity contribution in [1.82, 2.24) is 5.32 Å². The third-order valence-electron chi connectivity index (χ3n) is 3.44. The molecule has 0 saturated heterocycles. The van der Waals surface area contributed by atoms with Crippen LogP contribution in [0.15, 0.2) is 47.1 Å². The summed E-state index contributed by atoms with van der Waals surface area (Å²) in [5.41, 5.74) is 1.29. The molecule has 1 aromatic carbocycles. The van der Waals surface area contributed by atoms with E-state index in [2.05, 4.69) is 31.3 Å². The first-order chi connectivity index (χ1) is 10.2. The molecule has 2 atom stereocenters. The van der Waals surface area contributed by atoms with Crippen LogP contribution in [0.5, 0.6) is 5.75 Å². The lowest BCUT2D eigenvalue weighted by molar-refractivity contribution is 0.414. The number of benzene rings is 1. The summed E-state index contributed by atoms with van der Waals surface area (Å²) in [7, 11) is 1.69. The van der Waals surface area contributed by atoms with Gasteiger partial charge in [-0.05, 0) is 36.4 Å². The lowest BCUT2D eigenvalue weighted by Gasteiger charge is -2.25. The second kappa shape index (κ2) is 8.15. The molecule has 2 aromatic rings. The molecular formula is C17H23NO2S. The minimum Gasteiger partial charge on any atom is -0.497 e. The smallest absolute Gasteiger partial charge is 0.118 e. The second-order valence-corrected chi connectivity index (χ2v) is 6.27. The minimum atomic E-state index is 0.320. The van der Waals surface area contributed by atoms with Gasteiger partial charge in [-0.3, -0.25) is 0 Å². The molecule has 1 heterocycles. The number of methoxy groups -OCH3 is 1. The molecule has 2 rings (SSSR count). The van der Waals surface area contributed by atoms with Crippen LogP contribution >= 0.6 is 11.8 Å². The van der Waals surface area contributed by atoms with Gasteiger partial charge in [-0.2, -0.15) is 0 Å². The second-order valence-electron chi connectivity index (χ2n) is 4.90. The quantitative estimate of drug-likeness (QED) is 0.790. The van der Waals surface area contributed by atoms with Crippen molar-refractivity contribution >= 4 is 11.8 Å². The molecule has 4 heteroatoms. The van der Waals surface area contributed by atoms with E-state index in [1.807, 2.05) is 36.0 Å². The maximum absolute atomic E-state index is 5.40. The van der Waals surface area contributed by atoms with Crippen LogP contribution < -0.4 is 10.1 Å². The van der Waals surface area contributed by atoms with E-state index in [4.69, 9.17) is 9.15 Å². The van der Waals surface area contributed by atoms with E-state index in [-0.39, 0.29) is 0 Å². The van der Waals surface area contributed by atoms with E-state index in [1.165, 1.54) is 5.56 Å². The Morgan fingerprint density at radius 1 is 1.24 bits per heavy atom. The van der Waals surface area contributed by atoms with E-state index >= 15 is 0 Å². The lowest BCUT2D eigenvalue weighted by atomic mass is 10.0. The molecular weight excluding hydrogens is 282 g/mol. The molecule has 21 heavy (non-hydrogen) atoms. The van der Waals surface area contributed by atoms with Crippen LogP contribution in [0, 0.1) is 0 Å². The van der Waals surface area contributed by atoms with E-state index in [0.29, 0.717) is 11.3 Å². The van der Waals surface area contributed by atoms with Crippen molar-refractivity contribution in [1.29, 1.82) is 0 Å². The zero-order valence-corrected chi connectivity index (χ0v) is 13.7. The Hall–Kier alpha value is -1.39. The number of hydrogen-bond acceptors (Lipinski definition) is 4. The average molecular weight is 305 g/mol.